The van der Waals surface area contributed by atoms with Crippen molar-refractivity contribution in [1.82, 2.24) is 19.5 Å². The quantitative estimate of drug-likeness (QED) is 0.223. The van der Waals surface area contributed by atoms with Gasteiger partial charge in [-0.1, -0.05) is 42.5 Å². The van der Waals surface area contributed by atoms with Gasteiger partial charge in [0.25, 0.3) is 0 Å². The number of anilines is 2. The Bertz CT molecular complexity index is 1300. The predicted molar refractivity (Wildman–Crippen MR) is 118 cm³/mol. The van der Waals surface area contributed by atoms with Crippen LogP contribution in [-0.2, 0) is 4.74 Å². The summed E-state index contributed by atoms with van der Waals surface area (Å²) in [4.78, 5) is 12.8. The van der Waals surface area contributed by atoms with Gasteiger partial charge in [0.15, 0.2) is 17.7 Å². The monoisotopic (exact) mass is 435 g/mol. The normalized spacial score (nSPS) is 23.5. The Morgan fingerprint density at radius 3 is 2.75 bits per heavy atom. The zero-order valence-corrected chi connectivity index (χ0v) is 16.8. The Kier molecular flexibility index (Phi) is 5.15. The van der Waals surface area contributed by atoms with E-state index in [0.717, 1.165) is 16.3 Å². The van der Waals surface area contributed by atoms with Crippen molar-refractivity contribution < 1.29 is 20.1 Å². The first-order valence-electron chi connectivity index (χ1n) is 9.96. The van der Waals surface area contributed by atoms with Crippen LogP contribution in [0.5, 0.6) is 0 Å². The fraction of sp³-hybridized carbons (Fsp3) is 0.238. The van der Waals surface area contributed by atoms with Crippen molar-refractivity contribution in [2.24, 2.45) is 5.10 Å². The summed E-state index contributed by atoms with van der Waals surface area (Å²) >= 11 is 0. The third kappa shape index (κ3) is 3.42. The maximum Gasteiger partial charge on any atom is 0.247 e. The molecule has 0 amide bonds. The minimum Gasteiger partial charge on any atom is -0.394 e. The maximum absolute atomic E-state index is 10.3. The number of nitrogens with one attached hydrogen (secondary N) is 1. The molecule has 0 aliphatic carbocycles. The minimum absolute atomic E-state index is 0.114. The molecule has 32 heavy (non-hydrogen) atoms. The van der Waals surface area contributed by atoms with Gasteiger partial charge in [-0.3, -0.25) is 4.57 Å². The number of ether oxygens (including phenoxy) is 1. The van der Waals surface area contributed by atoms with E-state index in [0.29, 0.717) is 5.52 Å². The molecule has 1 fully saturated rings. The molecule has 4 atom stereocenters. The molecule has 3 heterocycles. The summed E-state index contributed by atoms with van der Waals surface area (Å²) in [7, 11) is 0. The number of aromatic nitrogens is 4. The molecule has 11 nitrogen and oxygen atoms in total. The minimum atomic E-state index is -1.28. The Morgan fingerprint density at radius 2 is 1.94 bits per heavy atom. The molecule has 0 bridgehead atoms. The molecule has 0 radical (unpaired) electrons. The highest BCUT2D eigenvalue weighted by atomic mass is 16.6. The van der Waals surface area contributed by atoms with E-state index in [-0.39, 0.29) is 17.4 Å². The number of aliphatic hydroxyl groups excluding tert-OH is 3. The Labute approximate surface area is 181 Å². The Balaban J connectivity index is 1.44. The third-order valence-corrected chi connectivity index (χ3v) is 5.43. The number of hydrogen-bond acceptors (Lipinski definition) is 10. The van der Waals surface area contributed by atoms with E-state index in [9.17, 15) is 15.3 Å². The standard InChI is InChI=1S/C21H21N7O4/c22-18-15-19(28(10-23-15)20-17(31)16(30)14(9-29)32-20)26-21(25-18)27-24-8-12-6-3-5-11-4-1-2-7-13(11)12/h1-8,10,14,16-17,20,29-31H,9H2,(H3,22,25,26,27)/b24-8+/t14-,16-,17-,20?/m1/s1. The molecule has 1 saturated heterocycles. The lowest BCUT2D eigenvalue weighted by atomic mass is 10.1. The van der Waals surface area contributed by atoms with Crippen LogP contribution in [0.3, 0.4) is 0 Å². The summed E-state index contributed by atoms with van der Waals surface area (Å²) in [5.74, 6) is 0.239. The van der Waals surface area contributed by atoms with E-state index >= 15 is 0 Å². The van der Waals surface area contributed by atoms with Crippen LogP contribution < -0.4 is 11.2 Å². The molecule has 2 aromatic heterocycles. The SMILES string of the molecule is Nc1nc(N/N=C/c2cccc3ccccc23)nc2c1ncn2C1O[C@H](CO)[C@@H](O)[C@H]1O. The average molecular weight is 435 g/mol. The number of hydrogen-bond donors (Lipinski definition) is 5. The fourth-order valence-electron chi connectivity index (χ4n) is 3.81. The molecule has 1 aliphatic heterocycles. The van der Waals surface area contributed by atoms with Crippen LogP contribution in [-0.4, -0.2) is 66.0 Å². The first-order chi connectivity index (χ1) is 15.6. The Hall–Kier alpha value is -3.64. The number of hydrazone groups is 1. The van der Waals surface area contributed by atoms with E-state index in [1.165, 1.54) is 10.9 Å². The van der Waals surface area contributed by atoms with Gasteiger partial charge in [0.1, 0.15) is 23.8 Å². The van der Waals surface area contributed by atoms with Crippen LogP contribution in [0, 0.1) is 0 Å². The zero-order chi connectivity index (χ0) is 22.2. The number of imidazole rings is 1. The third-order valence-electron chi connectivity index (χ3n) is 5.43. The largest absolute Gasteiger partial charge is 0.394 e. The molecule has 5 rings (SSSR count). The number of aliphatic hydroxyl groups is 3. The summed E-state index contributed by atoms with van der Waals surface area (Å²) < 4.78 is 7.01. The molecule has 0 spiro atoms. The van der Waals surface area contributed by atoms with Crippen LogP contribution >= 0.6 is 0 Å². The number of rotatable bonds is 5. The molecule has 4 aromatic rings. The number of benzene rings is 2. The Morgan fingerprint density at radius 1 is 1.12 bits per heavy atom. The van der Waals surface area contributed by atoms with Gasteiger partial charge >= 0.3 is 0 Å². The van der Waals surface area contributed by atoms with Crippen LogP contribution in [0.4, 0.5) is 11.8 Å². The van der Waals surface area contributed by atoms with E-state index in [1.807, 2.05) is 42.5 Å². The maximum atomic E-state index is 10.3. The fourth-order valence-corrected chi connectivity index (χ4v) is 3.81. The van der Waals surface area contributed by atoms with Gasteiger partial charge in [-0.15, -0.1) is 0 Å². The summed E-state index contributed by atoms with van der Waals surface area (Å²) in [6, 6.07) is 13.9. The van der Waals surface area contributed by atoms with Crippen molar-refractivity contribution in [2.45, 2.75) is 24.5 Å². The average Bonchev–Trinajstić information content (AvgIpc) is 3.35. The van der Waals surface area contributed by atoms with Crippen LogP contribution in [0.1, 0.15) is 11.8 Å². The first kappa shape index (κ1) is 20.3. The molecule has 2 aromatic carbocycles. The van der Waals surface area contributed by atoms with E-state index < -0.39 is 31.1 Å². The lowest BCUT2D eigenvalue weighted by Gasteiger charge is -2.16. The number of fused-ring (bicyclic) bond motifs is 2. The van der Waals surface area contributed by atoms with Crippen molar-refractivity contribution >= 4 is 39.9 Å². The molecular weight excluding hydrogens is 414 g/mol. The molecule has 164 valence electrons. The smallest absolute Gasteiger partial charge is 0.247 e. The van der Waals surface area contributed by atoms with E-state index in [4.69, 9.17) is 10.5 Å². The molecule has 6 N–H and O–H groups in total. The van der Waals surface area contributed by atoms with E-state index in [2.05, 4.69) is 25.5 Å². The van der Waals surface area contributed by atoms with Gasteiger partial charge in [0.05, 0.1) is 19.1 Å². The van der Waals surface area contributed by atoms with Gasteiger partial charge < -0.3 is 25.8 Å². The second kappa shape index (κ2) is 8.13. The van der Waals surface area contributed by atoms with Crippen molar-refractivity contribution in [3.63, 3.8) is 0 Å². The summed E-state index contributed by atoms with van der Waals surface area (Å²) in [6.45, 7) is -0.436. The van der Waals surface area contributed by atoms with Gasteiger partial charge in [-0.2, -0.15) is 15.1 Å². The van der Waals surface area contributed by atoms with Crippen molar-refractivity contribution in [1.29, 1.82) is 0 Å². The second-order valence-corrected chi connectivity index (χ2v) is 7.42. The molecule has 1 unspecified atom stereocenters. The molecule has 0 saturated carbocycles. The van der Waals surface area contributed by atoms with Crippen molar-refractivity contribution in [3.05, 3.63) is 54.4 Å². The van der Waals surface area contributed by atoms with Crippen LogP contribution in [0.15, 0.2) is 53.9 Å². The molecule has 11 heteroatoms. The highest BCUT2D eigenvalue weighted by Crippen LogP contribution is 2.32. The summed E-state index contributed by atoms with van der Waals surface area (Å²) in [5.41, 5.74) is 10.3. The van der Waals surface area contributed by atoms with Crippen molar-refractivity contribution in [2.75, 3.05) is 17.8 Å². The molecular formula is C21H21N7O4. The summed E-state index contributed by atoms with van der Waals surface area (Å²) in [6.07, 6.45) is -1.39. The van der Waals surface area contributed by atoms with Crippen LogP contribution in [0.2, 0.25) is 0 Å². The summed E-state index contributed by atoms with van der Waals surface area (Å²) in [5, 5.41) is 36.1. The van der Waals surface area contributed by atoms with Crippen molar-refractivity contribution in [3.8, 4) is 0 Å². The van der Waals surface area contributed by atoms with Gasteiger partial charge in [-0.25, -0.2) is 10.4 Å². The number of nitrogens with zero attached hydrogens (tertiary/aromatic N) is 5. The zero-order valence-electron chi connectivity index (χ0n) is 16.8. The highest BCUT2D eigenvalue weighted by Gasteiger charge is 2.44. The highest BCUT2D eigenvalue weighted by molar-refractivity contribution is 5.99. The number of nitrogen functional groups attached to an aromatic ring is 1. The lowest BCUT2D eigenvalue weighted by Crippen LogP contribution is -2.33. The first-order valence-corrected chi connectivity index (χ1v) is 9.96. The van der Waals surface area contributed by atoms with E-state index in [1.54, 1.807) is 6.21 Å². The van der Waals surface area contributed by atoms with Gasteiger partial charge in [0, 0.05) is 5.56 Å². The lowest BCUT2D eigenvalue weighted by molar-refractivity contribution is -0.0511. The second-order valence-electron chi connectivity index (χ2n) is 7.42. The topological polar surface area (TPSA) is 164 Å². The van der Waals surface area contributed by atoms with Crippen LogP contribution in [0.25, 0.3) is 21.9 Å². The number of nitrogens with two attached hydrogens (primary N) is 1. The van der Waals surface area contributed by atoms with Gasteiger partial charge in [-0.05, 0) is 10.8 Å². The predicted octanol–water partition coefficient (Wildman–Crippen LogP) is 0.619. The molecule has 1 aliphatic rings. The van der Waals surface area contributed by atoms with Gasteiger partial charge in [0.2, 0.25) is 5.95 Å².